The lowest BCUT2D eigenvalue weighted by Crippen LogP contribution is -2.22. The Morgan fingerprint density at radius 2 is 2.00 bits per heavy atom. The molecule has 0 radical (unpaired) electrons. The van der Waals surface area contributed by atoms with E-state index in [1.807, 2.05) is 36.4 Å². The molecule has 0 fully saturated rings. The first kappa shape index (κ1) is 15.1. The largest absolute Gasteiger partial charge is 0.467 e. The van der Waals surface area contributed by atoms with Crippen molar-refractivity contribution in [3.8, 4) is 6.07 Å². The minimum absolute atomic E-state index is 0.409. The summed E-state index contributed by atoms with van der Waals surface area (Å²) in [7, 11) is 1.34. The number of esters is 1. The van der Waals surface area contributed by atoms with Gasteiger partial charge in [-0.25, -0.2) is 4.79 Å². The van der Waals surface area contributed by atoms with Crippen molar-refractivity contribution in [1.82, 2.24) is 0 Å². The van der Waals surface area contributed by atoms with Crippen LogP contribution >= 0.6 is 15.9 Å². The fraction of sp³-hybridized carbons (Fsp3) is 0.125. The van der Waals surface area contributed by atoms with Crippen molar-refractivity contribution in [2.24, 2.45) is 0 Å². The van der Waals surface area contributed by atoms with E-state index in [9.17, 15) is 10.1 Å². The standard InChI is InChI=1S/C16H13BrN2O2/c1-21-16(20)15(11-5-3-2-4-6-11)19-14-8-7-13(17)9-12(14)10-18/h2-9,15,19H,1H3. The lowest BCUT2D eigenvalue weighted by molar-refractivity contribution is -0.141. The van der Waals surface area contributed by atoms with Crippen molar-refractivity contribution in [1.29, 1.82) is 5.26 Å². The maximum absolute atomic E-state index is 12.0. The van der Waals surface area contributed by atoms with Crippen LogP contribution in [-0.2, 0) is 9.53 Å². The third-order valence-corrected chi connectivity index (χ3v) is 3.46. The van der Waals surface area contributed by atoms with Gasteiger partial charge in [0.25, 0.3) is 0 Å². The van der Waals surface area contributed by atoms with Crippen molar-refractivity contribution in [2.75, 3.05) is 12.4 Å². The maximum Gasteiger partial charge on any atom is 0.332 e. The van der Waals surface area contributed by atoms with Gasteiger partial charge in [0.15, 0.2) is 6.04 Å². The van der Waals surface area contributed by atoms with Gasteiger partial charge in [0.05, 0.1) is 18.4 Å². The Hall–Kier alpha value is -2.32. The molecule has 0 aliphatic rings. The van der Waals surface area contributed by atoms with Gasteiger partial charge in [-0.3, -0.25) is 0 Å². The highest BCUT2D eigenvalue weighted by Gasteiger charge is 2.22. The summed E-state index contributed by atoms with van der Waals surface area (Å²) in [6.45, 7) is 0. The SMILES string of the molecule is COC(=O)C(Nc1ccc(Br)cc1C#N)c1ccccc1. The molecule has 0 aliphatic carbocycles. The number of ether oxygens (including phenoxy) is 1. The van der Waals surface area contributed by atoms with E-state index in [2.05, 4.69) is 27.3 Å². The minimum atomic E-state index is -0.663. The number of carbonyl (C=O) groups excluding carboxylic acids is 1. The van der Waals surface area contributed by atoms with Crippen molar-refractivity contribution in [3.05, 3.63) is 64.1 Å². The molecular formula is C16H13BrN2O2. The molecule has 1 unspecified atom stereocenters. The van der Waals surface area contributed by atoms with Gasteiger partial charge in [-0.15, -0.1) is 0 Å². The number of hydrogen-bond donors (Lipinski definition) is 1. The molecule has 0 saturated carbocycles. The third kappa shape index (κ3) is 3.61. The first-order chi connectivity index (χ1) is 10.2. The zero-order chi connectivity index (χ0) is 15.2. The highest BCUT2D eigenvalue weighted by molar-refractivity contribution is 9.10. The van der Waals surface area contributed by atoms with Crippen molar-refractivity contribution in [3.63, 3.8) is 0 Å². The summed E-state index contributed by atoms with van der Waals surface area (Å²) in [5, 5.41) is 12.3. The summed E-state index contributed by atoms with van der Waals surface area (Å²) < 4.78 is 5.65. The van der Waals surface area contributed by atoms with Crippen LogP contribution in [0, 0.1) is 11.3 Å². The summed E-state index contributed by atoms with van der Waals surface area (Å²) in [5.41, 5.74) is 1.81. The molecule has 0 bridgehead atoms. The predicted molar refractivity (Wildman–Crippen MR) is 83.7 cm³/mol. The molecule has 1 N–H and O–H groups in total. The Labute approximate surface area is 131 Å². The second-order valence-electron chi connectivity index (χ2n) is 4.31. The van der Waals surface area contributed by atoms with Crippen molar-refractivity contribution < 1.29 is 9.53 Å². The highest BCUT2D eigenvalue weighted by Crippen LogP contribution is 2.25. The van der Waals surface area contributed by atoms with Crippen molar-refractivity contribution >= 4 is 27.6 Å². The summed E-state index contributed by atoms with van der Waals surface area (Å²) in [4.78, 5) is 12.0. The third-order valence-electron chi connectivity index (χ3n) is 2.97. The quantitative estimate of drug-likeness (QED) is 0.860. The highest BCUT2D eigenvalue weighted by atomic mass is 79.9. The number of carbonyl (C=O) groups is 1. The lowest BCUT2D eigenvalue weighted by atomic mass is 10.1. The number of hydrogen-bond acceptors (Lipinski definition) is 4. The number of benzene rings is 2. The van der Waals surface area contributed by atoms with Gasteiger partial charge in [0.1, 0.15) is 6.07 Å². The second kappa shape index (κ2) is 6.91. The maximum atomic E-state index is 12.0. The average Bonchev–Trinajstić information content (AvgIpc) is 2.53. The molecule has 1 atom stereocenters. The Balaban J connectivity index is 2.37. The number of methoxy groups -OCH3 is 1. The smallest absolute Gasteiger partial charge is 0.332 e. The zero-order valence-electron chi connectivity index (χ0n) is 11.3. The molecule has 4 nitrogen and oxygen atoms in total. The molecule has 0 aliphatic heterocycles. The van der Waals surface area contributed by atoms with Gasteiger partial charge < -0.3 is 10.1 Å². The molecule has 0 spiro atoms. The Morgan fingerprint density at radius 1 is 1.29 bits per heavy atom. The normalized spacial score (nSPS) is 11.3. The van der Waals surface area contributed by atoms with Crippen LogP contribution in [0.5, 0.6) is 0 Å². The number of halogens is 1. The van der Waals surface area contributed by atoms with E-state index in [0.29, 0.717) is 11.3 Å². The first-order valence-electron chi connectivity index (χ1n) is 6.24. The fourth-order valence-corrected chi connectivity index (χ4v) is 2.29. The second-order valence-corrected chi connectivity index (χ2v) is 5.23. The molecule has 5 heteroatoms. The molecule has 21 heavy (non-hydrogen) atoms. The van der Waals surface area contributed by atoms with E-state index in [0.717, 1.165) is 10.0 Å². The molecule has 0 aromatic heterocycles. The van der Waals surface area contributed by atoms with Gasteiger partial charge in [-0.1, -0.05) is 46.3 Å². The number of nitrogens with zero attached hydrogens (tertiary/aromatic N) is 1. The molecule has 0 saturated heterocycles. The molecule has 2 rings (SSSR count). The van der Waals surface area contributed by atoms with Crippen LogP contribution < -0.4 is 5.32 Å². The zero-order valence-corrected chi connectivity index (χ0v) is 12.9. The molecule has 2 aromatic carbocycles. The summed E-state index contributed by atoms with van der Waals surface area (Å²) in [6, 6.07) is 15.9. The van der Waals surface area contributed by atoms with Crippen LogP contribution in [0.1, 0.15) is 17.2 Å². The first-order valence-corrected chi connectivity index (χ1v) is 7.04. The molecular weight excluding hydrogens is 332 g/mol. The van der Waals surface area contributed by atoms with Gasteiger partial charge >= 0.3 is 5.97 Å². The van der Waals surface area contributed by atoms with Crippen LogP contribution in [0.2, 0.25) is 0 Å². The molecule has 0 amide bonds. The summed E-state index contributed by atoms with van der Waals surface area (Å²) in [5.74, 6) is -0.409. The van der Waals surface area contributed by atoms with E-state index >= 15 is 0 Å². The van der Waals surface area contributed by atoms with E-state index in [1.165, 1.54) is 7.11 Å². The van der Waals surface area contributed by atoms with Crippen LogP contribution in [0.25, 0.3) is 0 Å². The van der Waals surface area contributed by atoms with E-state index in [1.54, 1.807) is 12.1 Å². The van der Waals surface area contributed by atoms with E-state index in [-0.39, 0.29) is 0 Å². The van der Waals surface area contributed by atoms with E-state index < -0.39 is 12.0 Å². The number of nitriles is 1. The molecule has 106 valence electrons. The lowest BCUT2D eigenvalue weighted by Gasteiger charge is -2.19. The van der Waals surface area contributed by atoms with Gasteiger partial charge in [0.2, 0.25) is 0 Å². The van der Waals surface area contributed by atoms with Crippen LogP contribution in [0.4, 0.5) is 5.69 Å². The topological polar surface area (TPSA) is 62.1 Å². The summed E-state index contributed by atoms with van der Waals surface area (Å²) in [6.07, 6.45) is 0. The molecule has 2 aromatic rings. The monoisotopic (exact) mass is 344 g/mol. The van der Waals surface area contributed by atoms with Crippen molar-refractivity contribution in [2.45, 2.75) is 6.04 Å². The van der Waals surface area contributed by atoms with Crippen LogP contribution in [-0.4, -0.2) is 13.1 Å². The minimum Gasteiger partial charge on any atom is -0.467 e. The van der Waals surface area contributed by atoms with Crippen LogP contribution in [0.3, 0.4) is 0 Å². The Morgan fingerprint density at radius 3 is 2.62 bits per heavy atom. The Kier molecular flexibility index (Phi) is 4.96. The summed E-state index contributed by atoms with van der Waals surface area (Å²) >= 11 is 3.32. The predicted octanol–water partition coefficient (Wildman–Crippen LogP) is 3.65. The molecule has 0 heterocycles. The Bertz CT molecular complexity index is 680. The average molecular weight is 345 g/mol. The number of nitrogens with one attached hydrogen (secondary N) is 1. The van der Waals surface area contributed by atoms with Crippen LogP contribution in [0.15, 0.2) is 53.0 Å². The van der Waals surface area contributed by atoms with E-state index in [4.69, 9.17) is 4.74 Å². The number of rotatable bonds is 4. The fourth-order valence-electron chi connectivity index (χ4n) is 1.93. The van der Waals surface area contributed by atoms with Gasteiger partial charge in [-0.05, 0) is 23.8 Å². The van der Waals surface area contributed by atoms with Gasteiger partial charge in [0, 0.05) is 4.47 Å². The number of anilines is 1. The van der Waals surface area contributed by atoms with Gasteiger partial charge in [-0.2, -0.15) is 5.26 Å².